The Bertz CT molecular complexity index is 1020. The number of aromatic nitrogens is 3. The summed E-state index contributed by atoms with van der Waals surface area (Å²) in [6, 6.07) is 11.5. The third-order valence-corrected chi connectivity index (χ3v) is 4.77. The van der Waals surface area contributed by atoms with Gasteiger partial charge in [-0.05, 0) is 30.5 Å². The molecule has 0 aliphatic rings. The minimum Gasteiger partial charge on any atom is -0.440 e. The maximum Gasteiger partial charge on any atom is 0.236 e. The van der Waals surface area contributed by atoms with Crippen LogP contribution in [-0.4, -0.2) is 20.4 Å². The molecule has 4 rings (SSSR count). The van der Waals surface area contributed by atoms with Crippen molar-refractivity contribution in [2.24, 2.45) is 0 Å². The van der Waals surface area contributed by atoms with Crippen LogP contribution in [0.25, 0.3) is 16.5 Å². The number of hydrogen-bond donors (Lipinski definition) is 1. The van der Waals surface area contributed by atoms with Crippen molar-refractivity contribution in [2.75, 3.05) is 5.32 Å². The van der Waals surface area contributed by atoms with Crippen molar-refractivity contribution in [2.45, 2.75) is 13.3 Å². The Labute approximate surface area is 154 Å². The number of carbonyl (C=O) groups is 1. The molecule has 0 radical (unpaired) electrons. The van der Waals surface area contributed by atoms with E-state index >= 15 is 0 Å². The van der Waals surface area contributed by atoms with Crippen LogP contribution in [-0.2, 0) is 11.2 Å². The minimum absolute atomic E-state index is 0.147. The number of benzene rings is 1. The number of aryl methyl sites for hydroxylation is 1. The summed E-state index contributed by atoms with van der Waals surface area (Å²) in [6.07, 6.45) is 5.38. The molecule has 0 bridgehead atoms. The number of thiophene rings is 1. The minimum atomic E-state index is -0.147. The van der Waals surface area contributed by atoms with Crippen LogP contribution in [0.1, 0.15) is 11.5 Å². The number of nitrogens with one attached hydrogen (secondary N) is 1. The highest BCUT2D eigenvalue weighted by atomic mass is 32.1. The van der Waals surface area contributed by atoms with Crippen molar-refractivity contribution in [3.63, 3.8) is 0 Å². The van der Waals surface area contributed by atoms with Crippen LogP contribution in [0.2, 0.25) is 0 Å². The Hall–Kier alpha value is -3.19. The van der Waals surface area contributed by atoms with E-state index in [1.54, 1.807) is 23.9 Å². The molecule has 3 heterocycles. The fourth-order valence-corrected chi connectivity index (χ4v) is 3.30. The van der Waals surface area contributed by atoms with Crippen LogP contribution in [0.3, 0.4) is 0 Å². The first-order valence-corrected chi connectivity index (χ1v) is 8.96. The molecular formula is C19H16N4O2S. The monoisotopic (exact) mass is 364 g/mol. The number of hydrogen-bond acceptors (Lipinski definition) is 5. The molecule has 130 valence electrons. The molecule has 3 aromatic heterocycles. The van der Waals surface area contributed by atoms with Gasteiger partial charge in [0.25, 0.3) is 0 Å². The normalized spacial score (nSPS) is 10.8. The van der Waals surface area contributed by atoms with Crippen molar-refractivity contribution >= 4 is 22.9 Å². The molecule has 0 aliphatic carbocycles. The fraction of sp³-hybridized carbons (Fsp3) is 0.105. The maximum atomic E-state index is 12.5. The smallest absolute Gasteiger partial charge is 0.236 e. The first-order chi connectivity index (χ1) is 12.7. The fourth-order valence-electron chi connectivity index (χ4n) is 2.65. The number of anilines is 1. The van der Waals surface area contributed by atoms with Crippen molar-refractivity contribution in [3.05, 3.63) is 72.0 Å². The molecule has 1 aromatic carbocycles. The van der Waals surface area contributed by atoms with E-state index in [9.17, 15) is 4.79 Å². The summed E-state index contributed by atoms with van der Waals surface area (Å²) in [4.78, 5) is 22.0. The van der Waals surface area contributed by atoms with Crippen molar-refractivity contribution in [1.82, 2.24) is 14.5 Å². The molecule has 26 heavy (non-hydrogen) atoms. The molecule has 7 heteroatoms. The van der Waals surface area contributed by atoms with E-state index in [-0.39, 0.29) is 12.3 Å². The summed E-state index contributed by atoms with van der Waals surface area (Å²) in [7, 11) is 0. The van der Waals surface area contributed by atoms with Gasteiger partial charge >= 0.3 is 0 Å². The molecule has 0 atom stereocenters. The van der Waals surface area contributed by atoms with E-state index in [1.807, 2.05) is 59.5 Å². The van der Waals surface area contributed by atoms with Gasteiger partial charge in [0.1, 0.15) is 5.76 Å². The molecule has 0 saturated heterocycles. The Balaban J connectivity index is 1.52. The molecule has 4 aromatic rings. The zero-order chi connectivity index (χ0) is 17.9. The van der Waals surface area contributed by atoms with Crippen molar-refractivity contribution in [1.29, 1.82) is 0 Å². The Morgan fingerprint density at radius 1 is 1.27 bits per heavy atom. The van der Waals surface area contributed by atoms with E-state index in [1.165, 1.54) is 0 Å². The second-order valence-electron chi connectivity index (χ2n) is 5.71. The van der Waals surface area contributed by atoms with E-state index in [0.29, 0.717) is 17.3 Å². The van der Waals surface area contributed by atoms with Crippen LogP contribution in [0.5, 0.6) is 0 Å². The second-order valence-corrected chi connectivity index (χ2v) is 6.66. The van der Waals surface area contributed by atoms with E-state index < -0.39 is 0 Å². The highest BCUT2D eigenvalue weighted by Gasteiger charge is 2.16. The third kappa shape index (κ3) is 3.29. The van der Waals surface area contributed by atoms with Crippen LogP contribution >= 0.6 is 11.3 Å². The van der Waals surface area contributed by atoms with Gasteiger partial charge in [0.15, 0.2) is 0 Å². The van der Waals surface area contributed by atoms with E-state index in [0.717, 1.165) is 16.3 Å². The molecular weight excluding hydrogens is 348 g/mol. The lowest BCUT2D eigenvalue weighted by molar-refractivity contribution is -0.115. The largest absolute Gasteiger partial charge is 0.440 e. The highest BCUT2D eigenvalue weighted by molar-refractivity contribution is 7.13. The number of oxazole rings is 1. The van der Waals surface area contributed by atoms with Gasteiger partial charge in [-0.25, -0.2) is 9.97 Å². The van der Waals surface area contributed by atoms with Gasteiger partial charge in [0.05, 0.1) is 34.7 Å². The predicted octanol–water partition coefficient (Wildman–Crippen LogP) is 4.08. The summed E-state index contributed by atoms with van der Waals surface area (Å²) < 4.78 is 7.55. The van der Waals surface area contributed by atoms with E-state index in [2.05, 4.69) is 15.3 Å². The van der Waals surface area contributed by atoms with Crippen LogP contribution < -0.4 is 5.32 Å². The molecule has 0 spiro atoms. The summed E-state index contributed by atoms with van der Waals surface area (Å²) in [5.74, 6) is 1.07. The average Bonchev–Trinajstić information content (AvgIpc) is 3.37. The second kappa shape index (κ2) is 6.97. The summed E-state index contributed by atoms with van der Waals surface area (Å²) in [6.45, 7) is 1.83. The quantitative estimate of drug-likeness (QED) is 0.579. The standard InChI is InChI=1S/C19H16N4O2S/c1-13-15(22-19(25-13)17-7-4-10-26-17)11-18(24)21-14-5-2-3-6-16(14)23-9-8-20-12-23/h2-10,12H,11H2,1H3,(H,21,24). The molecule has 0 aliphatic heterocycles. The molecule has 0 fully saturated rings. The van der Waals surface area contributed by atoms with Gasteiger partial charge in [-0.1, -0.05) is 18.2 Å². The van der Waals surface area contributed by atoms with Crippen LogP contribution in [0.15, 0.2) is 64.9 Å². The lowest BCUT2D eigenvalue weighted by atomic mass is 10.2. The van der Waals surface area contributed by atoms with Gasteiger partial charge in [0.2, 0.25) is 11.8 Å². The molecule has 0 unspecified atom stereocenters. The Kier molecular flexibility index (Phi) is 4.37. The zero-order valence-corrected chi connectivity index (χ0v) is 14.9. The summed E-state index contributed by atoms with van der Waals surface area (Å²) in [5.41, 5.74) is 2.22. The highest BCUT2D eigenvalue weighted by Crippen LogP contribution is 2.26. The molecule has 1 amide bonds. The number of amides is 1. The molecule has 0 saturated carbocycles. The lowest BCUT2D eigenvalue weighted by Gasteiger charge is -2.11. The molecule has 6 nitrogen and oxygen atoms in total. The number of nitrogens with zero attached hydrogens (tertiary/aromatic N) is 3. The van der Waals surface area contributed by atoms with Gasteiger partial charge in [-0.3, -0.25) is 4.79 Å². The van der Waals surface area contributed by atoms with Crippen LogP contribution in [0.4, 0.5) is 5.69 Å². The Morgan fingerprint density at radius 2 is 2.15 bits per heavy atom. The topological polar surface area (TPSA) is 73.0 Å². The number of para-hydroxylation sites is 2. The number of rotatable bonds is 5. The van der Waals surface area contributed by atoms with Gasteiger partial charge in [-0.15, -0.1) is 11.3 Å². The van der Waals surface area contributed by atoms with Crippen molar-refractivity contribution < 1.29 is 9.21 Å². The van der Waals surface area contributed by atoms with Crippen molar-refractivity contribution in [3.8, 4) is 16.5 Å². The first kappa shape index (κ1) is 16.3. The van der Waals surface area contributed by atoms with Crippen LogP contribution in [0, 0.1) is 6.92 Å². The van der Waals surface area contributed by atoms with Gasteiger partial charge < -0.3 is 14.3 Å². The van der Waals surface area contributed by atoms with E-state index in [4.69, 9.17) is 4.42 Å². The third-order valence-electron chi connectivity index (χ3n) is 3.91. The van der Waals surface area contributed by atoms with Gasteiger partial charge in [-0.2, -0.15) is 0 Å². The molecule has 1 N–H and O–H groups in total. The number of carbonyl (C=O) groups excluding carboxylic acids is 1. The summed E-state index contributed by atoms with van der Waals surface area (Å²) in [5, 5.41) is 4.92. The Morgan fingerprint density at radius 3 is 2.92 bits per heavy atom. The SMILES string of the molecule is Cc1oc(-c2cccs2)nc1CC(=O)Nc1ccccc1-n1ccnc1. The summed E-state index contributed by atoms with van der Waals surface area (Å²) >= 11 is 1.55. The maximum absolute atomic E-state index is 12.5. The van der Waals surface area contributed by atoms with Gasteiger partial charge in [0, 0.05) is 12.4 Å². The predicted molar refractivity (Wildman–Crippen MR) is 100 cm³/mol. The zero-order valence-electron chi connectivity index (χ0n) is 14.0. The average molecular weight is 364 g/mol. The lowest BCUT2D eigenvalue weighted by Crippen LogP contribution is -2.16. The first-order valence-electron chi connectivity index (χ1n) is 8.08. The number of imidazole rings is 1.